The molecule has 5 nitrogen and oxygen atoms in total. The predicted octanol–water partition coefficient (Wildman–Crippen LogP) is 0.344. The summed E-state index contributed by atoms with van der Waals surface area (Å²) < 4.78 is 18.0. The van der Waals surface area contributed by atoms with Crippen molar-refractivity contribution in [1.82, 2.24) is 9.97 Å². The highest BCUT2D eigenvalue weighted by Gasteiger charge is 2.21. The maximum Gasteiger partial charge on any atom is 0.218 e. The van der Waals surface area contributed by atoms with Gasteiger partial charge < -0.3 is 9.64 Å². The summed E-state index contributed by atoms with van der Waals surface area (Å²) >= 11 is 0. The maximum atomic E-state index is 12.8. The molecule has 1 saturated heterocycles. The molecule has 1 fully saturated rings. The van der Waals surface area contributed by atoms with E-state index in [0.717, 1.165) is 0 Å². The molecule has 0 aromatic carbocycles. The zero-order chi connectivity index (χ0) is 10.7. The standard InChI is InChI=1S/C9H9FN4O/c10-8-3-9(13-6-12-8)14-1-2-15-7(4-11)5-14/h3,6-7H,1-2,5H2. The molecule has 0 amide bonds. The Kier molecular flexibility index (Phi) is 2.74. The molecule has 2 heterocycles. The number of hydrogen-bond acceptors (Lipinski definition) is 5. The van der Waals surface area contributed by atoms with Crippen LogP contribution in [0.5, 0.6) is 0 Å². The molecular weight excluding hydrogens is 199 g/mol. The third-order valence-electron chi connectivity index (χ3n) is 2.15. The van der Waals surface area contributed by atoms with E-state index in [1.54, 1.807) is 0 Å². The molecular formula is C9H9FN4O. The summed E-state index contributed by atoms with van der Waals surface area (Å²) in [5.41, 5.74) is 0. The van der Waals surface area contributed by atoms with Crippen LogP contribution < -0.4 is 4.90 Å². The smallest absolute Gasteiger partial charge is 0.218 e. The first kappa shape index (κ1) is 9.80. The molecule has 15 heavy (non-hydrogen) atoms. The van der Waals surface area contributed by atoms with Gasteiger partial charge in [-0.25, -0.2) is 9.97 Å². The van der Waals surface area contributed by atoms with E-state index in [2.05, 4.69) is 9.97 Å². The van der Waals surface area contributed by atoms with Crippen LogP contribution in [0.3, 0.4) is 0 Å². The lowest BCUT2D eigenvalue weighted by atomic mass is 10.3. The quantitative estimate of drug-likeness (QED) is 0.623. The minimum absolute atomic E-state index is 0.410. The Hall–Kier alpha value is -1.74. The zero-order valence-electron chi connectivity index (χ0n) is 7.93. The van der Waals surface area contributed by atoms with Gasteiger partial charge >= 0.3 is 0 Å². The average Bonchev–Trinajstić information content (AvgIpc) is 2.29. The second-order valence-electron chi connectivity index (χ2n) is 3.13. The number of ether oxygens (including phenoxy) is 1. The molecule has 2 rings (SSSR count). The van der Waals surface area contributed by atoms with Gasteiger partial charge in [0.05, 0.1) is 19.2 Å². The van der Waals surface area contributed by atoms with Crippen LogP contribution in [0, 0.1) is 17.3 Å². The number of morpholine rings is 1. The lowest BCUT2D eigenvalue weighted by Crippen LogP contribution is -2.42. The summed E-state index contributed by atoms with van der Waals surface area (Å²) in [6.45, 7) is 1.46. The first-order valence-corrected chi connectivity index (χ1v) is 4.53. The number of nitrogens with zero attached hydrogens (tertiary/aromatic N) is 4. The van der Waals surface area contributed by atoms with Gasteiger partial charge in [-0.1, -0.05) is 0 Å². The van der Waals surface area contributed by atoms with E-state index in [4.69, 9.17) is 10.00 Å². The van der Waals surface area contributed by atoms with Crippen molar-refractivity contribution in [3.63, 3.8) is 0 Å². The van der Waals surface area contributed by atoms with Crippen LogP contribution in [-0.2, 0) is 4.74 Å². The molecule has 1 aromatic heterocycles. The highest BCUT2D eigenvalue weighted by Crippen LogP contribution is 2.14. The van der Waals surface area contributed by atoms with Crippen LogP contribution in [0.15, 0.2) is 12.4 Å². The molecule has 1 aliphatic rings. The number of nitriles is 1. The van der Waals surface area contributed by atoms with E-state index in [1.165, 1.54) is 12.4 Å². The van der Waals surface area contributed by atoms with Gasteiger partial charge in [0.1, 0.15) is 12.1 Å². The molecule has 1 aromatic rings. The SMILES string of the molecule is N#CC1CN(c2cc(F)ncn2)CCO1. The molecule has 6 heteroatoms. The highest BCUT2D eigenvalue weighted by atomic mass is 19.1. The molecule has 0 N–H and O–H groups in total. The topological polar surface area (TPSA) is 62.0 Å². The summed E-state index contributed by atoms with van der Waals surface area (Å²) in [6, 6.07) is 3.27. The number of anilines is 1. The van der Waals surface area contributed by atoms with Crippen molar-refractivity contribution in [2.75, 3.05) is 24.6 Å². The van der Waals surface area contributed by atoms with Crippen LogP contribution in [0.4, 0.5) is 10.2 Å². The molecule has 0 spiro atoms. The van der Waals surface area contributed by atoms with Crippen LogP contribution in [0.1, 0.15) is 0 Å². The molecule has 78 valence electrons. The van der Waals surface area contributed by atoms with E-state index in [-0.39, 0.29) is 0 Å². The number of hydrogen-bond donors (Lipinski definition) is 0. The minimum Gasteiger partial charge on any atom is -0.360 e. The number of aromatic nitrogens is 2. The Morgan fingerprint density at radius 2 is 2.47 bits per heavy atom. The van der Waals surface area contributed by atoms with Crippen molar-refractivity contribution in [3.8, 4) is 6.07 Å². The lowest BCUT2D eigenvalue weighted by Gasteiger charge is -2.30. The second kappa shape index (κ2) is 4.19. The summed E-state index contributed by atoms with van der Waals surface area (Å²) in [6.07, 6.45) is 0.693. The Morgan fingerprint density at radius 3 is 3.20 bits per heavy atom. The van der Waals surface area contributed by atoms with Crippen molar-refractivity contribution in [2.45, 2.75) is 6.10 Å². The van der Waals surface area contributed by atoms with Crippen molar-refractivity contribution < 1.29 is 9.13 Å². The van der Waals surface area contributed by atoms with E-state index in [1.807, 2.05) is 11.0 Å². The molecule has 0 bridgehead atoms. The third kappa shape index (κ3) is 2.19. The molecule has 0 radical (unpaired) electrons. The lowest BCUT2D eigenvalue weighted by molar-refractivity contribution is 0.0761. The Labute approximate surface area is 86.1 Å². The molecule has 0 saturated carbocycles. The van der Waals surface area contributed by atoms with Crippen LogP contribution in [0.2, 0.25) is 0 Å². The van der Waals surface area contributed by atoms with Gasteiger partial charge in [-0.05, 0) is 0 Å². The molecule has 1 unspecified atom stereocenters. The van der Waals surface area contributed by atoms with Crippen molar-refractivity contribution in [3.05, 3.63) is 18.3 Å². The molecule has 0 aliphatic carbocycles. The van der Waals surface area contributed by atoms with Gasteiger partial charge in [0.15, 0.2) is 6.10 Å². The van der Waals surface area contributed by atoms with Gasteiger partial charge in [-0.3, -0.25) is 0 Å². The number of halogens is 1. The van der Waals surface area contributed by atoms with Gasteiger partial charge in [0.2, 0.25) is 5.95 Å². The van der Waals surface area contributed by atoms with Crippen LogP contribution in [0.25, 0.3) is 0 Å². The fourth-order valence-electron chi connectivity index (χ4n) is 1.43. The van der Waals surface area contributed by atoms with E-state index >= 15 is 0 Å². The molecule has 1 aliphatic heterocycles. The van der Waals surface area contributed by atoms with Gasteiger partial charge in [0, 0.05) is 12.6 Å². The van der Waals surface area contributed by atoms with Gasteiger partial charge in [-0.15, -0.1) is 0 Å². The molecule has 1 atom stereocenters. The summed E-state index contributed by atoms with van der Waals surface area (Å²) in [5.74, 6) is -0.0777. The Bertz CT molecular complexity index is 392. The first-order valence-electron chi connectivity index (χ1n) is 4.53. The minimum atomic E-state index is -0.569. The van der Waals surface area contributed by atoms with Crippen molar-refractivity contribution in [1.29, 1.82) is 5.26 Å². The number of rotatable bonds is 1. The van der Waals surface area contributed by atoms with E-state index in [0.29, 0.717) is 25.5 Å². The van der Waals surface area contributed by atoms with Gasteiger partial charge in [0.25, 0.3) is 0 Å². The van der Waals surface area contributed by atoms with E-state index < -0.39 is 12.1 Å². The van der Waals surface area contributed by atoms with Crippen molar-refractivity contribution in [2.24, 2.45) is 0 Å². The second-order valence-corrected chi connectivity index (χ2v) is 3.13. The Morgan fingerprint density at radius 1 is 1.60 bits per heavy atom. The summed E-state index contributed by atoms with van der Waals surface area (Å²) in [4.78, 5) is 9.12. The first-order chi connectivity index (χ1) is 7.29. The Balaban J connectivity index is 2.14. The zero-order valence-corrected chi connectivity index (χ0v) is 7.93. The largest absolute Gasteiger partial charge is 0.360 e. The average molecular weight is 208 g/mol. The fraction of sp³-hybridized carbons (Fsp3) is 0.444. The van der Waals surface area contributed by atoms with Crippen LogP contribution in [-0.4, -0.2) is 35.8 Å². The normalized spacial score (nSPS) is 21.1. The van der Waals surface area contributed by atoms with Gasteiger partial charge in [-0.2, -0.15) is 9.65 Å². The summed E-state index contributed by atoms with van der Waals surface area (Å²) in [7, 11) is 0. The van der Waals surface area contributed by atoms with Crippen molar-refractivity contribution >= 4 is 5.82 Å². The fourth-order valence-corrected chi connectivity index (χ4v) is 1.43. The predicted molar refractivity (Wildman–Crippen MR) is 49.6 cm³/mol. The van der Waals surface area contributed by atoms with E-state index in [9.17, 15) is 4.39 Å². The monoisotopic (exact) mass is 208 g/mol. The highest BCUT2D eigenvalue weighted by molar-refractivity contribution is 5.38. The maximum absolute atomic E-state index is 12.8. The summed E-state index contributed by atoms with van der Waals surface area (Å²) in [5, 5.41) is 8.70. The third-order valence-corrected chi connectivity index (χ3v) is 2.15. The van der Waals surface area contributed by atoms with Crippen LogP contribution >= 0.6 is 0 Å².